The second kappa shape index (κ2) is 8.42. The van der Waals surface area contributed by atoms with E-state index in [1.54, 1.807) is 31.4 Å². The quantitative estimate of drug-likeness (QED) is 0.531. The summed E-state index contributed by atoms with van der Waals surface area (Å²) in [5.41, 5.74) is -1.12. The van der Waals surface area contributed by atoms with Crippen LogP contribution in [0.15, 0.2) is 74.6 Å². The number of allylic oxidation sites excluding steroid dienone is 2. The van der Waals surface area contributed by atoms with Crippen molar-refractivity contribution in [3.8, 4) is 17.2 Å². The fourth-order valence-electron chi connectivity index (χ4n) is 2.80. The van der Waals surface area contributed by atoms with E-state index < -0.39 is 17.1 Å². The third kappa shape index (κ3) is 3.88. The van der Waals surface area contributed by atoms with E-state index in [9.17, 15) is 14.4 Å². The SMILES string of the molecule is C=CCn1c(=O)n(CC=C)c(=O)n(Cc2coc(-c3ccc(OC)cc3)n2)c1=O. The van der Waals surface area contributed by atoms with Gasteiger partial charge < -0.3 is 9.15 Å². The number of hydrogen-bond acceptors (Lipinski definition) is 6. The van der Waals surface area contributed by atoms with Crippen LogP contribution in [0.25, 0.3) is 11.5 Å². The number of benzene rings is 1. The van der Waals surface area contributed by atoms with Crippen molar-refractivity contribution in [3.63, 3.8) is 0 Å². The van der Waals surface area contributed by atoms with Crippen molar-refractivity contribution in [2.24, 2.45) is 0 Å². The van der Waals surface area contributed by atoms with Gasteiger partial charge in [0.1, 0.15) is 12.0 Å². The minimum Gasteiger partial charge on any atom is -0.497 e. The Balaban J connectivity index is 2.02. The predicted molar refractivity (Wildman–Crippen MR) is 107 cm³/mol. The van der Waals surface area contributed by atoms with E-state index in [0.29, 0.717) is 22.9 Å². The third-order valence-corrected chi connectivity index (χ3v) is 4.22. The topological polar surface area (TPSA) is 101 Å². The van der Waals surface area contributed by atoms with Crippen LogP contribution in [0.2, 0.25) is 0 Å². The molecule has 9 heteroatoms. The first-order chi connectivity index (χ1) is 14.0. The van der Waals surface area contributed by atoms with Crippen LogP contribution < -0.4 is 21.8 Å². The van der Waals surface area contributed by atoms with Crippen LogP contribution in [0.4, 0.5) is 0 Å². The summed E-state index contributed by atoms with van der Waals surface area (Å²) in [7, 11) is 1.57. The van der Waals surface area contributed by atoms with Gasteiger partial charge in [0, 0.05) is 5.56 Å². The van der Waals surface area contributed by atoms with E-state index >= 15 is 0 Å². The van der Waals surface area contributed by atoms with Crippen LogP contribution in [-0.2, 0) is 19.6 Å². The van der Waals surface area contributed by atoms with Gasteiger partial charge in [-0.3, -0.25) is 0 Å². The molecular formula is C20H20N4O5. The fourth-order valence-corrected chi connectivity index (χ4v) is 2.80. The average Bonchev–Trinajstić information content (AvgIpc) is 3.20. The molecule has 0 unspecified atom stereocenters. The Labute approximate surface area is 165 Å². The first kappa shape index (κ1) is 19.9. The van der Waals surface area contributed by atoms with Gasteiger partial charge >= 0.3 is 17.1 Å². The van der Waals surface area contributed by atoms with Gasteiger partial charge in [0.05, 0.1) is 32.4 Å². The second-order valence-corrected chi connectivity index (χ2v) is 6.10. The molecule has 0 aliphatic heterocycles. The molecule has 150 valence electrons. The molecule has 0 fully saturated rings. The van der Waals surface area contributed by atoms with Gasteiger partial charge in [-0.15, -0.1) is 13.2 Å². The molecule has 2 heterocycles. The van der Waals surface area contributed by atoms with Gasteiger partial charge in [-0.1, -0.05) is 12.2 Å². The first-order valence-corrected chi connectivity index (χ1v) is 8.75. The molecule has 29 heavy (non-hydrogen) atoms. The molecule has 0 bridgehead atoms. The summed E-state index contributed by atoms with van der Waals surface area (Å²) in [5, 5.41) is 0. The van der Waals surface area contributed by atoms with E-state index in [1.165, 1.54) is 18.4 Å². The Morgan fingerprint density at radius 2 is 1.52 bits per heavy atom. The molecule has 0 aliphatic rings. The Hall–Kier alpha value is -3.88. The Bertz CT molecular complexity index is 1160. The molecule has 3 aromatic rings. The summed E-state index contributed by atoms with van der Waals surface area (Å²) in [5.74, 6) is 1.03. The summed E-state index contributed by atoms with van der Waals surface area (Å²) in [6.07, 6.45) is 4.19. The lowest BCUT2D eigenvalue weighted by molar-refractivity contribution is 0.415. The van der Waals surface area contributed by atoms with Crippen molar-refractivity contribution in [2.75, 3.05) is 7.11 Å². The van der Waals surface area contributed by atoms with Gasteiger partial charge in [0.25, 0.3) is 0 Å². The highest BCUT2D eigenvalue weighted by Gasteiger charge is 2.16. The monoisotopic (exact) mass is 396 g/mol. The van der Waals surface area contributed by atoms with Crippen molar-refractivity contribution < 1.29 is 9.15 Å². The summed E-state index contributed by atoms with van der Waals surface area (Å²) >= 11 is 0. The molecule has 0 radical (unpaired) electrons. The zero-order chi connectivity index (χ0) is 21.0. The van der Waals surface area contributed by atoms with E-state index in [2.05, 4.69) is 18.1 Å². The minimum atomic E-state index is -0.741. The Morgan fingerprint density at radius 3 is 2.03 bits per heavy atom. The van der Waals surface area contributed by atoms with E-state index in [0.717, 1.165) is 13.7 Å². The molecule has 1 aromatic carbocycles. The maximum absolute atomic E-state index is 12.7. The standard InChI is InChI=1S/C20H20N4O5/c1-4-10-22-18(25)23(11-5-2)20(27)24(19(22)26)12-15-13-29-17(21-15)14-6-8-16(28-3)9-7-14/h4-9,13H,1-2,10-12H2,3H3. The van der Waals surface area contributed by atoms with Crippen LogP contribution in [0, 0.1) is 0 Å². The second-order valence-electron chi connectivity index (χ2n) is 6.10. The van der Waals surface area contributed by atoms with Crippen LogP contribution >= 0.6 is 0 Å². The maximum atomic E-state index is 12.7. The predicted octanol–water partition coefficient (Wildman–Crippen LogP) is 1.26. The molecule has 0 saturated heterocycles. The first-order valence-electron chi connectivity index (χ1n) is 8.75. The number of hydrogen-bond donors (Lipinski definition) is 0. The summed E-state index contributed by atoms with van der Waals surface area (Å²) < 4.78 is 13.4. The fraction of sp³-hybridized carbons (Fsp3) is 0.200. The van der Waals surface area contributed by atoms with Gasteiger partial charge in [0.2, 0.25) is 5.89 Å². The number of nitrogens with zero attached hydrogens (tertiary/aromatic N) is 4. The van der Waals surface area contributed by atoms with Crippen LogP contribution in [0.3, 0.4) is 0 Å². The zero-order valence-electron chi connectivity index (χ0n) is 15.9. The maximum Gasteiger partial charge on any atom is 0.336 e. The molecule has 9 nitrogen and oxygen atoms in total. The van der Waals surface area contributed by atoms with Crippen LogP contribution in [0.1, 0.15) is 5.69 Å². The van der Waals surface area contributed by atoms with E-state index in [1.807, 2.05) is 0 Å². The highest BCUT2D eigenvalue weighted by Crippen LogP contribution is 2.21. The third-order valence-electron chi connectivity index (χ3n) is 4.22. The van der Waals surface area contributed by atoms with Crippen LogP contribution in [-0.4, -0.2) is 25.8 Å². The highest BCUT2D eigenvalue weighted by atomic mass is 16.5. The molecule has 3 rings (SSSR count). The number of ether oxygens (including phenoxy) is 1. The molecule has 0 amide bonds. The van der Waals surface area contributed by atoms with Crippen molar-refractivity contribution in [1.29, 1.82) is 0 Å². The molecule has 0 spiro atoms. The van der Waals surface area contributed by atoms with Crippen molar-refractivity contribution in [3.05, 3.63) is 93.0 Å². The van der Waals surface area contributed by atoms with Gasteiger partial charge in [-0.05, 0) is 24.3 Å². The summed E-state index contributed by atoms with van der Waals surface area (Å²) in [4.78, 5) is 42.1. The number of aromatic nitrogens is 4. The lowest BCUT2D eigenvalue weighted by atomic mass is 10.2. The number of rotatable bonds is 8. The Morgan fingerprint density at radius 1 is 0.966 bits per heavy atom. The molecular weight excluding hydrogens is 376 g/mol. The lowest BCUT2D eigenvalue weighted by Gasteiger charge is -2.11. The molecule has 0 saturated carbocycles. The van der Waals surface area contributed by atoms with Crippen molar-refractivity contribution in [1.82, 2.24) is 18.7 Å². The minimum absolute atomic E-state index is 0.0228. The number of oxazole rings is 1. The van der Waals surface area contributed by atoms with Crippen molar-refractivity contribution >= 4 is 0 Å². The smallest absolute Gasteiger partial charge is 0.336 e. The molecule has 0 atom stereocenters. The van der Waals surface area contributed by atoms with E-state index in [4.69, 9.17) is 9.15 Å². The van der Waals surface area contributed by atoms with E-state index in [-0.39, 0.29) is 19.6 Å². The van der Waals surface area contributed by atoms with Crippen molar-refractivity contribution in [2.45, 2.75) is 19.6 Å². The lowest BCUT2D eigenvalue weighted by Crippen LogP contribution is -2.54. The van der Waals surface area contributed by atoms with Gasteiger partial charge in [-0.2, -0.15) is 0 Å². The molecule has 2 aromatic heterocycles. The zero-order valence-corrected chi connectivity index (χ0v) is 15.9. The van der Waals surface area contributed by atoms with Gasteiger partial charge in [-0.25, -0.2) is 33.1 Å². The van der Waals surface area contributed by atoms with Crippen LogP contribution in [0.5, 0.6) is 5.75 Å². The normalized spacial score (nSPS) is 10.7. The number of methoxy groups -OCH3 is 1. The molecule has 0 N–H and O–H groups in total. The highest BCUT2D eigenvalue weighted by molar-refractivity contribution is 5.54. The average molecular weight is 396 g/mol. The largest absolute Gasteiger partial charge is 0.497 e. The summed E-state index contributed by atoms with van der Waals surface area (Å²) in [6, 6.07) is 7.09. The molecule has 0 aliphatic carbocycles. The summed E-state index contributed by atoms with van der Waals surface area (Å²) in [6.45, 7) is 6.90. The Kier molecular flexibility index (Phi) is 5.77. The van der Waals surface area contributed by atoms with Gasteiger partial charge in [0.15, 0.2) is 0 Å².